The van der Waals surface area contributed by atoms with Crippen molar-refractivity contribution in [1.82, 2.24) is 4.90 Å². The van der Waals surface area contributed by atoms with E-state index in [0.29, 0.717) is 12.0 Å². The van der Waals surface area contributed by atoms with Gasteiger partial charge in [0.05, 0.1) is 6.61 Å². The molecule has 3 nitrogen and oxygen atoms in total. The number of hydrogen-bond acceptors (Lipinski definition) is 3. The Balaban J connectivity index is 1.62. The number of likely N-dealkylation sites (tertiary alicyclic amines) is 1. The first kappa shape index (κ1) is 12.9. The monoisotopic (exact) mass is 260 g/mol. The quantitative estimate of drug-likeness (QED) is 0.882. The maximum Gasteiger partial charge on any atom is 0.123 e. The van der Waals surface area contributed by atoms with Crippen molar-refractivity contribution in [1.29, 1.82) is 0 Å². The third-order valence-corrected chi connectivity index (χ3v) is 4.28. The maximum absolute atomic E-state index is 6.09. The molecule has 2 fully saturated rings. The minimum atomic E-state index is 0.319. The molecule has 104 valence electrons. The Kier molecular flexibility index (Phi) is 3.76. The first-order valence-electron chi connectivity index (χ1n) is 7.41. The summed E-state index contributed by atoms with van der Waals surface area (Å²) in [6.07, 6.45) is 2.67. The summed E-state index contributed by atoms with van der Waals surface area (Å²) in [4.78, 5) is 2.44. The van der Waals surface area contributed by atoms with E-state index >= 15 is 0 Å². The summed E-state index contributed by atoms with van der Waals surface area (Å²) in [6, 6.07) is 8.75. The molecule has 0 bridgehead atoms. The molecule has 2 unspecified atom stereocenters. The van der Waals surface area contributed by atoms with E-state index in [2.05, 4.69) is 36.1 Å². The summed E-state index contributed by atoms with van der Waals surface area (Å²) in [5, 5.41) is 0. The van der Waals surface area contributed by atoms with Gasteiger partial charge in [0.25, 0.3) is 0 Å². The molecule has 1 heterocycles. The number of nitrogens with two attached hydrogens (primary N) is 1. The molecule has 1 saturated heterocycles. The molecule has 2 N–H and O–H groups in total. The Morgan fingerprint density at radius 2 is 2.05 bits per heavy atom. The molecule has 1 aromatic rings. The average molecular weight is 260 g/mol. The normalized spacial score (nSPS) is 27.7. The van der Waals surface area contributed by atoms with Crippen molar-refractivity contribution in [2.45, 2.75) is 32.4 Å². The molecule has 19 heavy (non-hydrogen) atoms. The fourth-order valence-electron chi connectivity index (χ4n) is 2.73. The van der Waals surface area contributed by atoms with Crippen LogP contribution in [0.1, 0.15) is 25.3 Å². The highest BCUT2D eigenvalue weighted by Crippen LogP contribution is 2.31. The number of hydrogen-bond donors (Lipinski definition) is 1. The number of benzene rings is 1. The van der Waals surface area contributed by atoms with Crippen molar-refractivity contribution in [2.75, 3.05) is 19.7 Å². The lowest BCUT2D eigenvalue weighted by Gasteiger charge is -2.18. The zero-order valence-corrected chi connectivity index (χ0v) is 11.7. The van der Waals surface area contributed by atoms with E-state index in [1.165, 1.54) is 18.4 Å². The van der Waals surface area contributed by atoms with Crippen LogP contribution in [0.5, 0.6) is 5.75 Å². The van der Waals surface area contributed by atoms with Crippen molar-refractivity contribution in [3.63, 3.8) is 0 Å². The molecule has 3 rings (SSSR count). The SMILES string of the molecule is CC1CN(Cc2ccccc2OCC2CC2)CC1N. The van der Waals surface area contributed by atoms with Crippen LogP contribution in [0.2, 0.25) is 0 Å². The van der Waals surface area contributed by atoms with E-state index in [0.717, 1.165) is 37.9 Å². The van der Waals surface area contributed by atoms with E-state index in [-0.39, 0.29) is 0 Å². The van der Waals surface area contributed by atoms with Gasteiger partial charge in [-0.3, -0.25) is 4.90 Å². The Bertz CT molecular complexity index is 421. The predicted octanol–water partition coefficient (Wildman–Crippen LogP) is 2.25. The topological polar surface area (TPSA) is 38.5 Å². The van der Waals surface area contributed by atoms with Gasteiger partial charge in [0.15, 0.2) is 0 Å². The second-order valence-electron chi connectivity index (χ2n) is 6.20. The standard InChI is InChI=1S/C16H24N2O/c1-12-8-18(10-15(12)17)9-14-4-2-3-5-16(14)19-11-13-6-7-13/h2-5,12-13,15H,6-11,17H2,1H3. The van der Waals surface area contributed by atoms with Crippen LogP contribution in [0.3, 0.4) is 0 Å². The number of para-hydroxylation sites is 1. The molecular formula is C16H24N2O. The molecule has 2 aliphatic rings. The van der Waals surface area contributed by atoms with Crippen LogP contribution >= 0.6 is 0 Å². The van der Waals surface area contributed by atoms with Gasteiger partial charge in [0.2, 0.25) is 0 Å². The summed E-state index contributed by atoms with van der Waals surface area (Å²) >= 11 is 0. The number of rotatable bonds is 5. The van der Waals surface area contributed by atoms with E-state index in [9.17, 15) is 0 Å². The second-order valence-corrected chi connectivity index (χ2v) is 6.20. The van der Waals surface area contributed by atoms with Crippen molar-refractivity contribution in [3.05, 3.63) is 29.8 Å². The Hall–Kier alpha value is -1.06. The Labute approximate surface area is 115 Å². The molecule has 0 radical (unpaired) electrons. The minimum absolute atomic E-state index is 0.319. The van der Waals surface area contributed by atoms with Crippen molar-refractivity contribution in [3.8, 4) is 5.75 Å². The van der Waals surface area contributed by atoms with Crippen LogP contribution in [-0.4, -0.2) is 30.6 Å². The van der Waals surface area contributed by atoms with Gasteiger partial charge >= 0.3 is 0 Å². The summed E-state index contributed by atoms with van der Waals surface area (Å²) in [5.74, 6) is 2.45. The Morgan fingerprint density at radius 3 is 2.74 bits per heavy atom. The van der Waals surface area contributed by atoms with E-state index in [4.69, 9.17) is 10.5 Å². The van der Waals surface area contributed by atoms with Gasteiger partial charge in [-0.15, -0.1) is 0 Å². The van der Waals surface area contributed by atoms with Gasteiger partial charge in [-0.2, -0.15) is 0 Å². The van der Waals surface area contributed by atoms with Crippen molar-refractivity contribution >= 4 is 0 Å². The predicted molar refractivity (Wildman–Crippen MR) is 77.1 cm³/mol. The number of ether oxygens (including phenoxy) is 1. The van der Waals surface area contributed by atoms with Crippen LogP contribution in [0.4, 0.5) is 0 Å². The van der Waals surface area contributed by atoms with E-state index < -0.39 is 0 Å². The molecule has 1 saturated carbocycles. The zero-order valence-electron chi connectivity index (χ0n) is 11.7. The highest BCUT2D eigenvalue weighted by Gasteiger charge is 2.27. The molecule has 3 heteroatoms. The van der Waals surface area contributed by atoms with Crippen LogP contribution in [0.25, 0.3) is 0 Å². The fourth-order valence-corrected chi connectivity index (χ4v) is 2.73. The van der Waals surface area contributed by atoms with Gasteiger partial charge in [0, 0.05) is 31.2 Å². The lowest BCUT2D eigenvalue weighted by atomic mass is 10.1. The molecule has 1 aliphatic heterocycles. The third-order valence-electron chi connectivity index (χ3n) is 4.28. The molecule has 0 amide bonds. The summed E-state index contributed by atoms with van der Waals surface area (Å²) in [5.41, 5.74) is 7.39. The zero-order chi connectivity index (χ0) is 13.2. The third kappa shape index (κ3) is 3.28. The van der Waals surface area contributed by atoms with Crippen molar-refractivity contribution in [2.24, 2.45) is 17.6 Å². The van der Waals surface area contributed by atoms with Crippen LogP contribution in [0, 0.1) is 11.8 Å². The van der Waals surface area contributed by atoms with Gasteiger partial charge < -0.3 is 10.5 Å². The van der Waals surface area contributed by atoms with Crippen LogP contribution < -0.4 is 10.5 Å². The largest absolute Gasteiger partial charge is 0.493 e. The fraction of sp³-hybridized carbons (Fsp3) is 0.625. The van der Waals surface area contributed by atoms with E-state index in [1.54, 1.807) is 0 Å². The molecule has 1 aliphatic carbocycles. The maximum atomic E-state index is 6.09. The molecule has 0 aromatic heterocycles. The average Bonchev–Trinajstić information content (AvgIpc) is 3.16. The first-order valence-corrected chi connectivity index (χ1v) is 7.41. The first-order chi connectivity index (χ1) is 9.22. The molecule has 1 aromatic carbocycles. The summed E-state index contributed by atoms with van der Waals surface area (Å²) < 4.78 is 5.97. The highest BCUT2D eigenvalue weighted by atomic mass is 16.5. The minimum Gasteiger partial charge on any atom is -0.493 e. The van der Waals surface area contributed by atoms with Gasteiger partial charge in [0.1, 0.15) is 5.75 Å². The van der Waals surface area contributed by atoms with Gasteiger partial charge in [-0.1, -0.05) is 25.1 Å². The van der Waals surface area contributed by atoms with Gasteiger partial charge in [-0.05, 0) is 30.7 Å². The summed E-state index contributed by atoms with van der Waals surface area (Å²) in [7, 11) is 0. The smallest absolute Gasteiger partial charge is 0.123 e. The number of nitrogens with zero attached hydrogens (tertiary/aromatic N) is 1. The molecular weight excluding hydrogens is 236 g/mol. The Morgan fingerprint density at radius 1 is 1.26 bits per heavy atom. The molecule has 2 atom stereocenters. The highest BCUT2D eigenvalue weighted by molar-refractivity contribution is 5.33. The lowest BCUT2D eigenvalue weighted by molar-refractivity contribution is 0.279. The van der Waals surface area contributed by atoms with Crippen LogP contribution in [-0.2, 0) is 6.54 Å². The van der Waals surface area contributed by atoms with Crippen LogP contribution in [0.15, 0.2) is 24.3 Å². The van der Waals surface area contributed by atoms with Gasteiger partial charge in [-0.25, -0.2) is 0 Å². The second kappa shape index (κ2) is 5.51. The van der Waals surface area contributed by atoms with E-state index in [1.807, 2.05) is 0 Å². The summed E-state index contributed by atoms with van der Waals surface area (Å²) in [6.45, 7) is 6.17. The molecule has 0 spiro atoms. The lowest BCUT2D eigenvalue weighted by Crippen LogP contribution is -2.28. The van der Waals surface area contributed by atoms with Crippen molar-refractivity contribution < 1.29 is 4.74 Å².